The Hall–Kier alpha value is -1.92. The number of benzene rings is 1. The topological polar surface area (TPSA) is 25.8 Å². The van der Waals surface area contributed by atoms with Crippen LogP contribution in [0.25, 0.3) is 11.4 Å². The molecule has 0 amide bonds. The average molecular weight is 252 g/mol. The standard InChI is InChI=1S/C15H16N2Si/c1-18(2,3)12-9-13-5-7-14(8-6-13)15-16-10-4-11-17-15/h4-8,10-11H,1-3H3. The lowest BCUT2D eigenvalue weighted by atomic mass is 10.1. The molecular weight excluding hydrogens is 236 g/mol. The summed E-state index contributed by atoms with van der Waals surface area (Å²) in [5.41, 5.74) is 5.43. The molecule has 0 unspecified atom stereocenters. The van der Waals surface area contributed by atoms with Crippen molar-refractivity contribution >= 4 is 8.07 Å². The molecule has 18 heavy (non-hydrogen) atoms. The van der Waals surface area contributed by atoms with Gasteiger partial charge in [0.1, 0.15) is 8.07 Å². The second-order valence-corrected chi connectivity index (χ2v) is 9.90. The Labute approximate surface area is 109 Å². The highest BCUT2D eigenvalue weighted by molar-refractivity contribution is 6.83. The Bertz CT molecular complexity index is 572. The van der Waals surface area contributed by atoms with E-state index in [9.17, 15) is 0 Å². The van der Waals surface area contributed by atoms with E-state index in [-0.39, 0.29) is 0 Å². The van der Waals surface area contributed by atoms with E-state index in [1.165, 1.54) is 0 Å². The fourth-order valence-electron chi connectivity index (χ4n) is 1.41. The van der Waals surface area contributed by atoms with Crippen molar-refractivity contribution in [3.63, 3.8) is 0 Å². The van der Waals surface area contributed by atoms with Gasteiger partial charge < -0.3 is 0 Å². The maximum atomic E-state index is 4.22. The molecule has 0 radical (unpaired) electrons. The molecule has 2 aromatic rings. The monoisotopic (exact) mass is 252 g/mol. The van der Waals surface area contributed by atoms with Crippen molar-refractivity contribution in [3.8, 4) is 22.9 Å². The average Bonchev–Trinajstić information content (AvgIpc) is 2.37. The fraction of sp³-hybridized carbons (Fsp3) is 0.200. The van der Waals surface area contributed by atoms with E-state index in [4.69, 9.17) is 0 Å². The van der Waals surface area contributed by atoms with Gasteiger partial charge in [0.25, 0.3) is 0 Å². The van der Waals surface area contributed by atoms with Gasteiger partial charge in [0.2, 0.25) is 0 Å². The van der Waals surface area contributed by atoms with Crippen LogP contribution in [0.1, 0.15) is 5.56 Å². The largest absolute Gasteiger partial charge is 0.237 e. The van der Waals surface area contributed by atoms with Crippen LogP contribution >= 0.6 is 0 Å². The predicted molar refractivity (Wildman–Crippen MR) is 77.7 cm³/mol. The van der Waals surface area contributed by atoms with Gasteiger partial charge in [-0.1, -0.05) is 25.6 Å². The second-order valence-electron chi connectivity index (χ2n) is 5.15. The Morgan fingerprint density at radius 1 is 0.944 bits per heavy atom. The van der Waals surface area contributed by atoms with Gasteiger partial charge in [0.15, 0.2) is 5.82 Å². The SMILES string of the molecule is C[Si](C)(C)C#Cc1ccc(-c2ncccn2)cc1. The molecule has 0 saturated heterocycles. The third-order valence-electron chi connectivity index (χ3n) is 2.29. The summed E-state index contributed by atoms with van der Waals surface area (Å²) in [5, 5.41) is 0. The first-order chi connectivity index (χ1) is 8.54. The minimum absolute atomic E-state index is 0.752. The molecule has 0 aliphatic rings. The molecule has 0 bridgehead atoms. The van der Waals surface area contributed by atoms with Crippen LogP contribution in [0.4, 0.5) is 0 Å². The molecule has 0 saturated carbocycles. The van der Waals surface area contributed by atoms with Crippen molar-refractivity contribution in [1.82, 2.24) is 9.97 Å². The fourth-order valence-corrected chi connectivity index (χ4v) is 1.93. The molecule has 0 N–H and O–H groups in total. The van der Waals surface area contributed by atoms with E-state index in [1.807, 2.05) is 30.3 Å². The number of rotatable bonds is 1. The first-order valence-corrected chi connectivity index (χ1v) is 9.45. The summed E-state index contributed by atoms with van der Waals surface area (Å²) in [5.74, 6) is 3.99. The molecule has 2 rings (SSSR count). The lowest BCUT2D eigenvalue weighted by Crippen LogP contribution is -2.16. The van der Waals surface area contributed by atoms with Crippen molar-refractivity contribution in [3.05, 3.63) is 48.3 Å². The third kappa shape index (κ3) is 3.54. The maximum Gasteiger partial charge on any atom is 0.159 e. The minimum atomic E-state index is -1.30. The van der Waals surface area contributed by atoms with Gasteiger partial charge in [-0.25, -0.2) is 9.97 Å². The normalized spacial score (nSPS) is 10.6. The van der Waals surface area contributed by atoms with Crippen molar-refractivity contribution in [2.24, 2.45) is 0 Å². The lowest BCUT2D eigenvalue weighted by Gasteiger charge is -2.03. The van der Waals surface area contributed by atoms with E-state index in [0.717, 1.165) is 17.0 Å². The zero-order valence-electron chi connectivity index (χ0n) is 10.9. The quantitative estimate of drug-likeness (QED) is 0.574. The van der Waals surface area contributed by atoms with Gasteiger partial charge >= 0.3 is 0 Å². The zero-order chi connectivity index (χ0) is 13.0. The van der Waals surface area contributed by atoms with E-state index >= 15 is 0 Å². The van der Waals surface area contributed by atoms with Crippen LogP contribution in [0.2, 0.25) is 19.6 Å². The Morgan fingerprint density at radius 3 is 2.11 bits per heavy atom. The van der Waals surface area contributed by atoms with Crippen LogP contribution in [0.5, 0.6) is 0 Å². The summed E-state index contributed by atoms with van der Waals surface area (Å²) < 4.78 is 0. The molecule has 0 aliphatic carbocycles. The first-order valence-electron chi connectivity index (χ1n) is 5.95. The van der Waals surface area contributed by atoms with Gasteiger partial charge in [0, 0.05) is 23.5 Å². The number of nitrogens with zero attached hydrogens (tertiary/aromatic N) is 2. The number of hydrogen-bond acceptors (Lipinski definition) is 2. The molecule has 90 valence electrons. The molecule has 0 aliphatic heterocycles. The third-order valence-corrected chi connectivity index (χ3v) is 3.17. The van der Waals surface area contributed by atoms with Crippen molar-refractivity contribution in [2.45, 2.75) is 19.6 Å². The highest BCUT2D eigenvalue weighted by Crippen LogP contribution is 2.14. The molecular formula is C15H16N2Si. The number of hydrogen-bond donors (Lipinski definition) is 0. The smallest absolute Gasteiger partial charge is 0.159 e. The van der Waals surface area contributed by atoms with Crippen LogP contribution in [-0.2, 0) is 0 Å². The minimum Gasteiger partial charge on any atom is -0.237 e. The van der Waals surface area contributed by atoms with Crippen molar-refractivity contribution in [1.29, 1.82) is 0 Å². The molecule has 1 aromatic heterocycles. The summed E-state index contributed by atoms with van der Waals surface area (Å²) in [6.45, 7) is 6.73. The van der Waals surface area contributed by atoms with Crippen molar-refractivity contribution < 1.29 is 0 Å². The first kappa shape index (κ1) is 12.5. The van der Waals surface area contributed by atoms with Crippen LogP contribution < -0.4 is 0 Å². The molecule has 1 aromatic carbocycles. The summed E-state index contributed by atoms with van der Waals surface area (Å²) in [7, 11) is -1.30. The van der Waals surface area contributed by atoms with Gasteiger partial charge in [0.05, 0.1) is 0 Å². The van der Waals surface area contributed by atoms with Gasteiger partial charge in [-0.05, 0) is 30.3 Å². The van der Waals surface area contributed by atoms with Gasteiger partial charge in [-0.15, -0.1) is 5.54 Å². The van der Waals surface area contributed by atoms with E-state index in [0.29, 0.717) is 0 Å². The molecule has 0 fully saturated rings. The van der Waals surface area contributed by atoms with Gasteiger partial charge in [-0.3, -0.25) is 0 Å². The maximum absolute atomic E-state index is 4.22. The summed E-state index contributed by atoms with van der Waals surface area (Å²) in [6, 6.07) is 9.90. The highest BCUT2D eigenvalue weighted by Gasteiger charge is 2.07. The summed E-state index contributed by atoms with van der Waals surface area (Å²) >= 11 is 0. The molecule has 3 heteroatoms. The summed E-state index contributed by atoms with van der Waals surface area (Å²) in [4.78, 5) is 8.45. The lowest BCUT2D eigenvalue weighted by molar-refractivity contribution is 1.18. The predicted octanol–water partition coefficient (Wildman–Crippen LogP) is 3.37. The molecule has 0 spiro atoms. The highest BCUT2D eigenvalue weighted by atomic mass is 28.3. The zero-order valence-corrected chi connectivity index (χ0v) is 11.9. The summed E-state index contributed by atoms with van der Waals surface area (Å²) in [6.07, 6.45) is 3.50. The van der Waals surface area contributed by atoms with Crippen molar-refractivity contribution in [2.75, 3.05) is 0 Å². The second kappa shape index (κ2) is 5.15. The van der Waals surface area contributed by atoms with Crippen LogP contribution in [0, 0.1) is 11.5 Å². The van der Waals surface area contributed by atoms with Gasteiger partial charge in [-0.2, -0.15) is 0 Å². The number of aromatic nitrogens is 2. The van der Waals surface area contributed by atoms with E-state index < -0.39 is 8.07 Å². The molecule has 0 atom stereocenters. The molecule has 1 heterocycles. The van der Waals surface area contributed by atoms with Crippen LogP contribution in [-0.4, -0.2) is 18.0 Å². The Morgan fingerprint density at radius 2 is 1.56 bits per heavy atom. The van der Waals surface area contributed by atoms with E-state index in [1.54, 1.807) is 12.4 Å². The van der Waals surface area contributed by atoms with Crippen LogP contribution in [0.3, 0.4) is 0 Å². The van der Waals surface area contributed by atoms with E-state index in [2.05, 4.69) is 41.1 Å². The molecule has 2 nitrogen and oxygen atoms in total. The Balaban J connectivity index is 2.23. The van der Waals surface area contributed by atoms with Crippen LogP contribution in [0.15, 0.2) is 42.7 Å². The Kier molecular flexibility index (Phi) is 3.59.